The van der Waals surface area contributed by atoms with Crippen LogP contribution in [0.5, 0.6) is 0 Å². The number of carbonyl (C=O) groups is 3. The fourth-order valence-electron chi connectivity index (χ4n) is 4.91. The second kappa shape index (κ2) is 8.81. The molecule has 0 bridgehead atoms. The standard InChI is InChI=1S/C24H21N3O6S2/c28-16(25-8-11-32-12-9-25)13-26-23-20(35-24(26)31)17(15-7-4-10-33-15)18-19(34-23)22(30)27(21(18)29)14-5-2-1-3-6-14/h1-7,10,17-19H,8-9,11-13H2/t17-,18?,19?/m1/s1. The normalized spacial score (nSPS) is 23.9. The number of nitrogens with zero attached hydrogens (tertiary/aromatic N) is 3. The number of fused-ring (bicyclic) bond motifs is 2. The Kier molecular flexibility index (Phi) is 5.62. The molecular weight excluding hydrogens is 490 g/mol. The topological polar surface area (TPSA) is 102 Å². The highest BCUT2D eigenvalue weighted by atomic mass is 32.2. The summed E-state index contributed by atoms with van der Waals surface area (Å²) in [7, 11) is 0. The molecule has 0 aliphatic carbocycles. The molecule has 11 heteroatoms. The van der Waals surface area contributed by atoms with Gasteiger partial charge in [-0.3, -0.25) is 23.7 Å². The van der Waals surface area contributed by atoms with Crippen molar-refractivity contribution < 1.29 is 23.5 Å². The molecule has 3 aromatic rings. The van der Waals surface area contributed by atoms with Crippen LogP contribution < -0.4 is 9.77 Å². The summed E-state index contributed by atoms with van der Waals surface area (Å²) in [5.41, 5.74) is 0.513. The number of thioether (sulfide) groups is 1. The fraction of sp³-hybridized carbons (Fsp3) is 0.333. The van der Waals surface area contributed by atoms with Crippen molar-refractivity contribution in [2.45, 2.75) is 22.7 Å². The number of ether oxygens (including phenoxy) is 1. The first-order valence-electron chi connectivity index (χ1n) is 11.3. The predicted octanol–water partition coefficient (Wildman–Crippen LogP) is 2.16. The number of benzene rings is 1. The number of thiazole rings is 1. The summed E-state index contributed by atoms with van der Waals surface area (Å²) in [6.07, 6.45) is 1.52. The van der Waals surface area contributed by atoms with Gasteiger partial charge >= 0.3 is 4.87 Å². The Bertz CT molecular complexity index is 1340. The highest BCUT2D eigenvalue weighted by molar-refractivity contribution is 8.00. The lowest BCUT2D eigenvalue weighted by Crippen LogP contribution is -2.43. The third-order valence-electron chi connectivity index (χ3n) is 6.57. The van der Waals surface area contributed by atoms with Crippen LogP contribution in [-0.4, -0.2) is 58.7 Å². The lowest BCUT2D eigenvalue weighted by Gasteiger charge is -2.30. The van der Waals surface area contributed by atoms with Crippen LogP contribution in [0.2, 0.25) is 0 Å². The average molecular weight is 512 g/mol. The molecule has 0 spiro atoms. The molecular formula is C24H21N3O6S2. The van der Waals surface area contributed by atoms with E-state index in [9.17, 15) is 19.2 Å². The highest BCUT2D eigenvalue weighted by Crippen LogP contribution is 2.53. The van der Waals surface area contributed by atoms with E-state index >= 15 is 0 Å². The van der Waals surface area contributed by atoms with Gasteiger partial charge in [-0.1, -0.05) is 41.3 Å². The molecule has 2 saturated heterocycles. The van der Waals surface area contributed by atoms with Gasteiger partial charge in [-0.25, -0.2) is 4.90 Å². The number of anilines is 1. The molecule has 0 radical (unpaired) electrons. The number of furan rings is 1. The molecule has 35 heavy (non-hydrogen) atoms. The van der Waals surface area contributed by atoms with Crippen molar-refractivity contribution in [1.82, 2.24) is 9.47 Å². The largest absolute Gasteiger partial charge is 0.469 e. The molecule has 2 fully saturated rings. The number of carbonyl (C=O) groups excluding carboxylic acids is 3. The molecule has 9 nitrogen and oxygen atoms in total. The number of imide groups is 1. The van der Waals surface area contributed by atoms with E-state index in [2.05, 4.69) is 0 Å². The summed E-state index contributed by atoms with van der Waals surface area (Å²) in [6.45, 7) is 1.77. The molecule has 3 aliphatic heterocycles. The zero-order valence-corrected chi connectivity index (χ0v) is 20.1. The third-order valence-corrected chi connectivity index (χ3v) is 9.17. The Morgan fingerprint density at radius 2 is 1.77 bits per heavy atom. The highest BCUT2D eigenvalue weighted by Gasteiger charge is 2.57. The first kappa shape index (κ1) is 22.3. The van der Waals surface area contributed by atoms with Crippen LogP contribution >= 0.6 is 23.1 Å². The van der Waals surface area contributed by atoms with Gasteiger partial charge in [0.15, 0.2) is 0 Å². The summed E-state index contributed by atoms with van der Waals surface area (Å²) in [6, 6.07) is 12.3. The van der Waals surface area contributed by atoms with Crippen LogP contribution in [0, 0.1) is 5.92 Å². The van der Waals surface area contributed by atoms with Gasteiger partial charge < -0.3 is 14.1 Å². The first-order valence-corrected chi connectivity index (χ1v) is 13.0. The molecule has 2 aromatic heterocycles. The molecule has 180 valence electrons. The van der Waals surface area contributed by atoms with Crippen molar-refractivity contribution in [1.29, 1.82) is 0 Å². The van der Waals surface area contributed by atoms with Crippen LogP contribution in [0.1, 0.15) is 16.6 Å². The number of rotatable bonds is 4. The van der Waals surface area contributed by atoms with Crippen LogP contribution in [0.4, 0.5) is 5.69 Å². The number of hydrogen-bond acceptors (Lipinski definition) is 8. The van der Waals surface area contributed by atoms with Crippen LogP contribution in [-0.2, 0) is 25.7 Å². The molecule has 5 heterocycles. The maximum Gasteiger partial charge on any atom is 0.308 e. The predicted molar refractivity (Wildman–Crippen MR) is 129 cm³/mol. The number of amides is 3. The number of para-hydroxylation sites is 1. The maximum absolute atomic E-state index is 13.6. The molecule has 0 N–H and O–H groups in total. The Labute approximate surface area is 208 Å². The molecule has 3 atom stereocenters. The van der Waals surface area contributed by atoms with Crippen molar-refractivity contribution in [3.05, 3.63) is 69.0 Å². The van der Waals surface area contributed by atoms with Crippen molar-refractivity contribution in [3.63, 3.8) is 0 Å². The van der Waals surface area contributed by atoms with E-state index in [0.717, 1.165) is 11.3 Å². The van der Waals surface area contributed by atoms with E-state index in [1.807, 2.05) is 6.07 Å². The van der Waals surface area contributed by atoms with E-state index in [1.165, 1.54) is 27.5 Å². The molecule has 3 amide bonds. The van der Waals surface area contributed by atoms with E-state index < -0.39 is 17.1 Å². The zero-order valence-electron chi connectivity index (χ0n) is 18.5. The first-order chi connectivity index (χ1) is 17.0. The second-order valence-corrected chi connectivity index (χ2v) is 10.6. The monoisotopic (exact) mass is 511 g/mol. The van der Waals surface area contributed by atoms with Gasteiger partial charge in [0, 0.05) is 13.1 Å². The minimum Gasteiger partial charge on any atom is -0.469 e. The zero-order chi connectivity index (χ0) is 24.1. The number of aromatic nitrogens is 1. The Morgan fingerprint density at radius 1 is 1.00 bits per heavy atom. The van der Waals surface area contributed by atoms with E-state index in [-0.39, 0.29) is 29.1 Å². The van der Waals surface area contributed by atoms with Crippen LogP contribution in [0.25, 0.3) is 0 Å². The Morgan fingerprint density at radius 3 is 2.49 bits per heavy atom. The lowest BCUT2D eigenvalue weighted by atomic mass is 9.87. The van der Waals surface area contributed by atoms with Crippen LogP contribution in [0.15, 0.2) is 63.0 Å². The van der Waals surface area contributed by atoms with E-state index in [0.29, 0.717) is 47.7 Å². The second-order valence-electron chi connectivity index (χ2n) is 8.52. The van der Waals surface area contributed by atoms with Gasteiger partial charge in [-0.15, -0.1) is 0 Å². The maximum atomic E-state index is 13.6. The molecule has 3 aliphatic rings. The average Bonchev–Trinajstić information content (AvgIpc) is 3.58. The smallest absolute Gasteiger partial charge is 0.308 e. The summed E-state index contributed by atoms with van der Waals surface area (Å²) >= 11 is 2.21. The van der Waals surface area contributed by atoms with E-state index in [4.69, 9.17) is 9.15 Å². The Balaban J connectivity index is 1.41. The molecule has 1 aromatic carbocycles. The molecule has 0 saturated carbocycles. The SMILES string of the molecule is O=C(Cn1c2c(sc1=O)[C@H](c1ccco1)C1C(=O)N(c3ccccc3)C(=O)C1S2)N1CCOCC1. The summed E-state index contributed by atoms with van der Waals surface area (Å²) < 4.78 is 12.5. The number of morpholine rings is 1. The quantitative estimate of drug-likeness (QED) is 0.495. The van der Waals surface area contributed by atoms with Crippen molar-refractivity contribution in [3.8, 4) is 0 Å². The minimum atomic E-state index is -0.732. The molecule has 6 rings (SSSR count). The van der Waals surface area contributed by atoms with Gasteiger partial charge in [0.1, 0.15) is 17.6 Å². The minimum absolute atomic E-state index is 0.121. The van der Waals surface area contributed by atoms with Crippen LogP contribution in [0.3, 0.4) is 0 Å². The van der Waals surface area contributed by atoms with Gasteiger partial charge in [0.25, 0.3) is 0 Å². The molecule has 2 unspecified atom stereocenters. The summed E-state index contributed by atoms with van der Waals surface area (Å²) in [5, 5.41) is -0.177. The van der Waals surface area contributed by atoms with Crippen molar-refractivity contribution in [2.75, 3.05) is 31.2 Å². The Hall–Kier alpha value is -3.15. The number of hydrogen-bond donors (Lipinski definition) is 0. The van der Waals surface area contributed by atoms with Gasteiger partial charge in [-0.05, 0) is 24.3 Å². The van der Waals surface area contributed by atoms with Gasteiger partial charge in [-0.2, -0.15) is 0 Å². The lowest BCUT2D eigenvalue weighted by molar-refractivity contribution is -0.136. The van der Waals surface area contributed by atoms with Crippen molar-refractivity contribution in [2.24, 2.45) is 5.92 Å². The van der Waals surface area contributed by atoms with Gasteiger partial charge in [0.2, 0.25) is 17.7 Å². The third kappa shape index (κ3) is 3.65. The van der Waals surface area contributed by atoms with Crippen molar-refractivity contribution >= 4 is 46.5 Å². The summed E-state index contributed by atoms with van der Waals surface area (Å²) in [5.74, 6) is -1.61. The summed E-state index contributed by atoms with van der Waals surface area (Å²) in [4.78, 5) is 56.5. The fourth-order valence-corrected chi connectivity index (χ4v) is 7.66. The van der Waals surface area contributed by atoms with E-state index in [1.54, 1.807) is 41.3 Å². The van der Waals surface area contributed by atoms with Gasteiger partial charge in [0.05, 0.1) is 46.9 Å².